The number of rotatable bonds is 4. The minimum Gasteiger partial charge on any atom is -0.493 e. The molecule has 226 valence electrons. The number of carbonyl (C=O) groups is 2. The second-order valence-corrected chi connectivity index (χ2v) is 12.7. The Morgan fingerprint density at radius 2 is 1.77 bits per heavy atom. The van der Waals surface area contributed by atoms with E-state index in [9.17, 15) is 48.6 Å². The number of nitrogens with zero attached hydrogens (tertiary/aromatic N) is 2. The van der Waals surface area contributed by atoms with Gasteiger partial charge in [-0.2, -0.15) is 4.68 Å². The molecule has 8 N–H and O–H groups in total. The van der Waals surface area contributed by atoms with Crippen molar-refractivity contribution in [1.82, 2.24) is 9.66 Å². The summed E-state index contributed by atoms with van der Waals surface area (Å²) in [5, 5.41) is 65.1. The first-order valence-electron chi connectivity index (χ1n) is 13.2. The zero-order chi connectivity index (χ0) is 30.7. The molecule has 16 heteroatoms. The first-order valence-corrected chi connectivity index (χ1v) is 15.1. The molecule has 3 aromatic rings. The number of aromatic amines is 1. The zero-order valence-electron chi connectivity index (χ0n) is 22.3. The van der Waals surface area contributed by atoms with Crippen molar-refractivity contribution >= 4 is 54.5 Å². The average molecular weight is 615 g/mol. The number of sulfonamides is 1. The van der Waals surface area contributed by atoms with Crippen molar-refractivity contribution in [1.29, 1.82) is 0 Å². The summed E-state index contributed by atoms with van der Waals surface area (Å²) in [6, 6.07) is -1.22. The number of hydrogen-bond donors (Lipinski definition) is 8. The number of allylic oxidation sites excluding steroid dienone is 4. The smallest absolute Gasteiger partial charge is 0.243 e. The van der Waals surface area contributed by atoms with Crippen LogP contribution in [0.25, 0.3) is 27.2 Å². The number of H-pyrrole nitrogens is 1. The maximum Gasteiger partial charge on any atom is 0.243 e. The zero-order valence-corrected chi connectivity index (χ0v) is 23.1. The molecule has 15 nitrogen and oxygen atoms in total. The fraction of sp³-hybridized carbons (Fsp3) is 0.333. The van der Waals surface area contributed by atoms with Crippen molar-refractivity contribution in [3.05, 3.63) is 47.2 Å². The van der Waals surface area contributed by atoms with Crippen LogP contribution < -0.4 is 9.73 Å². The number of ether oxygens (including phenoxy) is 1. The van der Waals surface area contributed by atoms with Gasteiger partial charge in [0.25, 0.3) is 0 Å². The highest BCUT2D eigenvalue weighted by Crippen LogP contribution is 2.57. The van der Waals surface area contributed by atoms with E-state index in [2.05, 4.69) is 9.82 Å². The van der Waals surface area contributed by atoms with Crippen LogP contribution in [0.5, 0.6) is 11.8 Å². The van der Waals surface area contributed by atoms with E-state index in [-0.39, 0.29) is 50.6 Å². The minimum absolute atomic E-state index is 0.0136. The summed E-state index contributed by atoms with van der Waals surface area (Å²) in [6.45, 7) is -0.733. The number of aliphatic hydroxyl groups is 4. The monoisotopic (exact) mass is 614 g/mol. The van der Waals surface area contributed by atoms with E-state index >= 15 is 0 Å². The van der Waals surface area contributed by atoms with Gasteiger partial charge in [-0.05, 0) is 29.7 Å². The molecule has 0 spiro atoms. The Hall–Kier alpha value is -4.19. The Morgan fingerprint density at radius 3 is 2.47 bits per heavy atom. The number of aromatic hydroxyl groups is 2. The molecule has 2 aliphatic carbocycles. The Balaban J connectivity index is 1.63. The van der Waals surface area contributed by atoms with E-state index in [0.29, 0.717) is 10.2 Å². The molecular formula is C27H26N4O11S. The van der Waals surface area contributed by atoms with Crippen LogP contribution in [0.4, 0.5) is 5.69 Å². The van der Waals surface area contributed by atoms with Crippen LogP contribution in [0.15, 0.2) is 30.4 Å². The van der Waals surface area contributed by atoms with Crippen molar-refractivity contribution < 1.29 is 53.4 Å². The second kappa shape index (κ2) is 9.15. The summed E-state index contributed by atoms with van der Waals surface area (Å²) < 4.78 is 30.8. The predicted molar refractivity (Wildman–Crippen MR) is 151 cm³/mol. The van der Waals surface area contributed by atoms with Gasteiger partial charge in [0, 0.05) is 10.9 Å². The van der Waals surface area contributed by atoms with Crippen molar-refractivity contribution in [2.45, 2.75) is 43.1 Å². The van der Waals surface area contributed by atoms with Gasteiger partial charge in [0.05, 0.1) is 40.5 Å². The number of carbonyl (C=O) groups excluding carboxylic acids is 2. The maximum atomic E-state index is 13.5. The molecule has 0 bridgehead atoms. The summed E-state index contributed by atoms with van der Waals surface area (Å²) in [4.78, 5) is 33.0. The molecular weight excluding hydrogens is 588 g/mol. The van der Waals surface area contributed by atoms with Crippen molar-refractivity contribution in [3.63, 3.8) is 0 Å². The highest BCUT2D eigenvalue weighted by atomic mass is 32.2. The van der Waals surface area contributed by atoms with E-state index in [1.165, 1.54) is 23.1 Å². The van der Waals surface area contributed by atoms with Crippen molar-refractivity contribution in [2.24, 2.45) is 0 Å². The maximum absolute atomic E-state index is 13.5. The number of aromatic nitrogens is 2. The van der Waals surface area contributed by atoms with E-state index in [1.54, 1.807) is 12.2 Å². The molecule has 0 saturated carbocycles. The van der Waals surface area contributed by atoms with E-state index in [0.717, 1.165) is 6.26 Å². The molecule has 1 fully saturated rings. The van der Waals surface area contributed by atoms with Crippen LogP contribution in [-0.2, 0) is 26.0 Å². The molecule has 1 aromatic carbocycles. The van der Waals surface area contributed by atoms with Crippen LogP contribution in [0, 0.1) is 0 Å². The van der Waals surface area contributed by atoms with Gasteiger partial charge in [0.15, 0.2) is 12.0 Å². The van der Waals surface area contributed by atoms with Crippen LogP contribution >= 0.6 is 0 Å². The van der Waals surface area contributed by atoms with E-state index < -0.39 is 76.6 Å². The molecule has 43 heavy (non-hydrogen) atoms. The molecule has 2 aliphatic heterocycles. The Bertz CT molecular complexity index is 1970. The summed E-state index contributed by atoms with van der Waals surface area (Å²) in [6.07, 6.45) is 0.141. The van der Waals surface area contributed by atoms with Crippen LogP contribution in [-0.4, -0.2) is 110 Å². The van der Waals surface area contributed by atoms with E-state index in [1.807, 2.05) is 0 Å². The van der Waals surface area contributed by atoms with Crippen molar-refractivity contribution in [3.8, 4) is 11.8 Å². The van der Waals surface area contributed by atoms with Gasteiger partial charge >= 0.3 is 0 Å². The quantitative estimate of drug-likeness (QED) is 0.174. The summed E-state index contributed by atoms with van der Waals surface area (Å²) >= 11 is 0. The Labute approximate surface area is 242 Å². The lowest BCUT2D eigenvalue weighted by atomic mass is 9.90. The lowest BCUT2D eigenvalue weighted by molar-refractivity contribution is -0.229. The molecule has 7 rings (SSSR count). The third-order valence-electron chi connectivity index (χ3n) is 8.36. The summed E-state index contributed by atoms with van der Waals surface area (Å²) in [7, 11) is -4.04. The lowest BCUT2D eigenvalue weighted by Crippen LogP contribution is -2.65. The Kier molecular flexibility index (Phi) is 5.88. The number of benzene rings is 1. The second-order valence-electron chi connectivity index (χ2n) is 10.9. The van der Waals surface area contributed by atoms with Crippen molar-refractivity contribution in [2.75, 3.05) is 22.6 Å². The lowest BCUT2D eigenvalue weighted by Gasteiger charge is -2.46. The van der Waals surface area contributed by atoms with Gasteiger partial charge in [0.2, 0.25) is 27.6 Å². The highest BCUT2D eigenvalue weighted by molar-refractivity contribution is 7.91. The fourth-order valence-corrected chi connectivity index (χ4v) is 7.14. The number of nitrogens with one attached hydrogen (secondary N) is 2. The molecule has 1 saturated heterocycles. The van der Waals surface area contributed by atoms with Gasteiger partial charge in [0.1, 0.15) is 30.5 Å². The molecule has 4 heterocycles. The molecule has 6 unspecified atom stereocenters. The number of anilines is 1. The van der Waals surface area contributed by atoms with Gasteiger partial charge in [-0.15, -0.1) is 0 Å². The first-order chi connectivity index (χ1) is 20.4. The van der Waals surface area contributed by atoms with Crippen LogP contribution in [0.1, 0.15) is 21.6 Å². The van der Waals surface area contributed by atoms with E-state index in [4.69, 9.17) is 4.74 Å². The summed E-state index contributed by atoms with van der Waals surface area (Å²) in [5.74, 6) is -2.29. The molecule has 6 atom stereocenters. The number of aliphatic hydroxyl groups excluding tert-OH is 4. The van der Waals surface area contributed by atoms with Gasteiger partial charge in [-0.25, -0.2) is 13.2 Å². The van der Waals surface area contributed by atoms with Gasteiger partial charge < -0.3 is 45.3 Å². The third-order valence-corrected chi connectivity index (χ3v) is 8.87. The minimum atomic E-state index is -4.04. The molecule has 0 amide bonds. The average Bonchev–Trinajstić information content (AvgIpc) is 3.58. The Morgan fingerprint density at radius 1 is 1.05 bits per heavy atom. The number of ketones is 2. The molecule has 2 aromatic heterocycles. The van der Waals surface area contributed by atoms with Crippen LogP contribution in [0.2, 0.25) is 0 Å². The normalized spacial score (nSPS) is 28.4. The molecule has 0 radical (unpaired) electrons. The first kappa shape index (κ1) is 27.6. The number of fused-ring (bicyclic) bond motifs is 10. The number of hydrogen-bond acceptors (Lipinski definition) is 12. The van der Waals surface area contributed by atoms with Crippen LogP contribution in [0.3, 0.4) is 0 Å². The predicted octanol–water partition coefficient (Wildman–Crippen LogP) is -1.16. The SMILES string of the molecule is CS(=O)(=O)Nn1c(O)c2c3c(c4[nH]c5c(c4c2c1O)CC=CC5=O)N(C1OC(CO)C(O)C(O)C1O)C1C(=O)C=CC=C31. The standard InChI is InChI=1S/C27H26N4O11S/c1-43(40,41)29-31-25(38)16-14-9-4-2-6-11(33)18(9)28-19(14)21-15(17(16)26(31)39)10-5-3-7-12(34)20(10)30(21)27-24(37)23(36)22(35)13(8-32)42-27/h2-3,5-7,13,20,22-24,27-29,32,35-39H,4,8H2,1H3. The molecule has 4 aliphatic rings. The fourth-order valence-electron chi connectivity index (χ4n) is 6.63. The van der Waals surface area contributed by atoms with Gasteiger partial charge in [-0.3, -0.25) is 9.59 Å². The largest absolute Gasteiger partial charge is 0.493 e. The van der Waals surface area contributed by atoms with Gasteiger partial charge in [-0.1, -0.05) is 18.2 Å². The highest BCUT2D eigenvalue weighted by Gasteiger charge is 2.53. The topological polar surface area (TPSA) is 235 Å². The third kappa shape index (κ3) is 3.68. The summed E-state index contributed by atoms with van der Waals surface area (Å²) in [5.41, 5.74) is 1.32.